The van der Waals surface area contributed by atoms with Gasteiger partial charge < -0.3 is 10.1 Å². The molecule has 28 heavy (non-hydrogen) atoms. The molecule has 0 heterocycles. The fraction of sp³-hybridized carbons (Fsp3) is 0.435. The van der Waals surface area contributed by atoms with Crippen LogP contribution in [0.4, 0.5) is 4.79 Å². The Morgan fingerprint density at radius 3 is 2.46 bits per heavy atom. The van der Waals surface area contributed by atoms with E-state index in [0.717, 1.165) is 5.57 Å². The van der Waals surface area contributed by atoms with Crippen LogP contribution in [0.2, 0.25) is 0 Å². The maximum Gasteiger partial charge on any atom is 0.407 e. The predicted octanol–water partition coefficient (Wildman–Crippen LogP) is 4.35. The van der Waals surface area contributed by atoms with E-state index in [9.17, 15) is 14.4 Å². The zero-order valence-corrected chi connectivity index (χ0v) is 16.7. The van der Waals surface area contributed by atoms with E-state index >= 15 is 0 Å². The van der Waals surface area contributed by atoms with E-state index in [2.05, 4.69) is 11.9 Å². The number of ketones is 2. The van der Waals surface area contributed by atoms with E-state index in [1.807, 2.05) is 6.08 Å². The molecule has 0 saturated heterocycles. The van der Waals surface area contributed by atoms with Crippen molar-refractivity contribution in [3.8, 4) is 0 Å². The van der Waals surface area contributed by atoms with Gasteiger partial charge in [-0.1, -0.05) is 43.0 Å². The van der Waals surface area contributed by atoms with Crippen molar-refractivity contribution in [2.45, 2.75) is 39.2 Å². The first-order valence-electron chi connectivity index (χ1n) is 9.69. The van der Waals surface area contributed by atoms with Gasteiger partial charge in [0.15, 0.2) is 11.6 Å². The second kappa shape index (κ2) is 7.74. The third-order valence-electron chi connectivity index (χ3n) is 5.36. The van der Waals surface area contributed by atoms with Crippen LogP contribution in [0.15, 0.2) is 48.6 Å². The summed E-state index contributed by atoms with van der Waals surface area (Å²) >= 11 is 0. The lowest BCUT2D eigenvalue weighted by Gasteiger charge is -2.39. The van der Waals surface area contributed by atoms with Crippen LogP contribution in [0.25, 0.3) is 0 Å². The Bertz CT molecular complexity index is 846. The number of nitrogens with one attached hydrogen (secondary N) is 1. The van der Waals surface area contributed by atoms with Gasteiger partial charge in [0.2, 0.25) is 0 Å². The number of carbonyl (C=O) groups excluding carboxylic acids is 3. The van der Waals surface area contributed by atoms with E-state index in [1.165, 1.54) is 0 Å². The van der Waals surface area contributed by atoms with Crippen LogP contribution in [0.3, 0.4) is 0 Å². The summed E-state index contributed by atoms with van der Waals surface area (Å²) in [5, 5.41) is 2.75. The summed E-state index contributed by atoms with van der Waals surface area (Å²) in [6.45, 7) is 9.65. The number of Topliss-reactive ketones (excluding diaryl/α,β-unsaturated/α-hetero) is 2. The molecule has 0 aromatic heterocycles. The Hall–Kier alpha value is -2.69. The fourth-order valence-electron chi connectivity index (χ4n) is 4.20. The van der Waals surface area contributed by atoms with Gasteiger partial charge in [0, 0.05) is 29.5 Å². The zero-order valence-electron chi connectivity index (χ0n) is 16.7. The highest BCUT2D eigenvalue weighted by Crippen LogP contribution is 2.44. The van der Waals surface area contributed by atoms with Crippen molar-refractivity contribution in [1.82, 2.24) is 5.32 Å². The third-order valence-corrected chi connectivity index (χ3v) is 5.36. The number of amides is 1. The number of hydrogen-bond donors (Lipinski definition) is 1. The largest absolute Gasteiger partial charge is 0.444 e. The molecule has 1 aromatic rings. The van der Waals surface area contributed by atoms with Gasteiger partial charge in [-0.05, 0) is 45.1 Å². The highest BCUT2D eigenvalue weighted by molar-refractivity contribution is 6.16. The SMILES string of the molecule is C=CC1=CCC2C(=O)c3ccccc3C(=O)C2C1CCNC(=O)OC(C)(C)C. The lowest BCUT2D eigenvalue weighted by Crippen LogP contribution is -2.44. The van der Waals surface area contributed by atoms with Crippen molar-refractivity contribution in [2.24, 2.45) is 17.8 Å². The molecule has 0 fully saturated rings. The molecule has 1 amide bonds. The quantitative estimate of drug-likeness (QED) is 0.842. The number of ether oxygens (including phenoxy) is 1. The van der Waals surface area contributed by atoms with Gasteiger partial charge in [-0.25, -0.2) is 4.79 Å². The standard InChI is InChI=1S/C23H27NO4/c1-5-14-10-11-18-19(15(14)12-13-24-22(27)28-23(2,3)4)21(26)17-9-7-6-8-16(17)20(18)25/h5-10,15,18-19H,1,11-13H2,2-4H3,(H,24,27). The van der Waals surface area contributed by atoms with Crippen LogP contribution in [0.5, 0.6) is 0 Å². The summed E-state index contributed by atoms with van der Waals surface area (Å²) in [4.78, 5) is 38.1. The zero-order chi connectivity index (χ0) is 20.5. The number of hydrogen-bond acceptors (Lipinski definition) is 4. The average molecular weight is 381 g/mol. The number of rotatable bonds is 4. The molecular weight excluding hydrogens is 354 g/mol. The minimum atomic E-state index is -0.568. The Kier molecular flexibility index (Phi) is 5.54. The second-order valence-corrected chi connectivity index (χ2v) is 8.37. The van der Waals surface area contributed by atoms with Gasteiger partial charge in [-0.15, -0.1) is 0 Å². The monoisotopic (exact) mass is 381 g/mol. The van der Waals surface area contributed by atoms with Crippen LogP contribution in [-0.2, 0) is 4.74 Å². The molecule has 0 aliphatic heterocycles. The molecule has 3 rings (SSSR count). The number of alkyl carbamates (subject to hydrolysis) is 1. The van der Waals surface area contributed by atoms with Crippen molar-refractivity contribution < 1.29 is 19.1 Å². The first kappa shape index (κ1) is 20.1. The van der Waals surface area contributed by atoms with Crippen molar-refractivity contribution in [3.63, 3.8) is 0 Å². The van der Waals surface area contributed by atoms with Crippen LogP contribution >= 0.6 is 0 Å². The fourth-order valence-corrected chi connectivity index (χ4v) is 4.20. The van der Waals surface area contributed by atoms with Crippen LogP contribution in [0, 0.1) is 17.8 Å². The van der Waals surface area contributed by atoms with Gasteiger partial charge in [0.05, 0.1) is 0 Å². The highest BCUT2D eigenvalue weighted by atomic mass is 16.6. The molecule has 0 bridgehead atoms. The van der Waals surface area contributed by atoms with Gasteiger partial charge in [-0.2, -0.15) is 0 Å². The third kappa shape index (κ3) is 3.93. The summed E-state index contributed by atoms with van der Waals surface area (Å²) in [5.41, 5.74) is 1.42. The summed E-state index contributed by atoms with van der Waals surface area (Å²) in [7, 11) is 0. The number of fused-ring (bicyclic) bond motifs is 2. The van der Waals surface area contributed by atoms with Gasteiger partial charge in [0.1, 0.15) is 5.60 Å². The molecule has 2 aliphatic carbocycles. The maximum atomic E-state index is 13.2. The molecule has 148 valence electrons. The predicted molar refractivity (Wildman–Crippen MR) is 107 cm³/mol. The number of allylic oxidation sites excluding steroid dienone is 3. The van der Waals surface area contributed by atoms with Gasteiger partial charge >= 0.3 is 6.09 Å². The Morgan fingerprint density at radius 2 is 1.86 bits per heavy atom. The van der Waals surface area contributed by atoms with Crippen LogP contribution < -0.4 is 5.32 Å². The van der Waals surface area contributed by atoms with E-state index in [-0.39, 0.29) is 23.4 Å². The van der Waals surface area contributed by atoms with Crippen molar-refractivity contribution >= 4 is 17.7 Å². The second-order valence-electron chi connectivity index (χ2n) is 8.37. The molecule has 2 aliphatic rings. The maximum absolute atomic E-state index is 13.2. The summed E-state index contributed by atoms with van der Waals surface area (Å²) in [6.07, 6.45) is 4.36. The minimum Gasteiger partial charge on any atom is -0.444 e. The molecule has 1 N–H and O–H groups in total. The smallest absolute Gasteiger partial charge is 0.407 e. The Labute approximate surface area is 165 Å². The summed E-state index contributed by atoms with van der Waals surface area (Å²) in [6, 6.07) is 7.04. The average Bonchev–Trinajstić information content (AvgIpc) is 2.64. The number of benzene rings is 1. The molecule has 3 atom stereocenters. The van der Waals surface area contributed by atoms with E-state index in [0.29, 0.717) is 30.5 Å². The van der Waals surface area contributed by atoms with Gasteiger partial charge in [0.25, 0.3) is 0 Å². The van der Waals surface area contributed by atoms with Crippen molar-refractivity contribution in [2.75, 3.05) is 6.54 Å². The van der Waals surface area contributed by atoms with Crippen LogP contribution in [0.1, 0.15) is 54.3 Å². The molecule has 0 radical (unpaired) electrons. The molecular formula is C23H27NO4. The minimum absolute atomic E-state index is 0.00918. The molecule has 0 saturated carbocycles. The van der Waals surface area contributed by atoms with Gasteiger partial charge in [-0.3, -0.25) is 9.59 Å². The Morgan fingerprint density at radius 1 is 1.21 bits per heavy atom. The molecule has 1 aromatic carbocycles. The first-order chi connectivity index (χ1) is 13.2. The summed E-state index contributed by atoms with van der Waals surface area (Å²) < 4.78 is 5.27. The van der Waals surface area contributed by atoms with Crippen molar-refractivity contribution in [1.29, 1.82) is 0 Å². The highest BCUT2D eigenvalue weighted by Gasteiger charge is 2.46. The van der Waals surface area contributed by atoms with E-state index in [4.69, 9.17) is 4.74 Å². The molecule has 3 unspecified atom stereocenters. The van der Waals surface area contributed by atoms with E-state index < -0.39 is 17.6 Å². The topological polar surface area (TPSA) is 72.5 Å². The molecule has 5 nitrogen and oxygen atoms in total. The molecule has 0 spiro atoms. The van der Waals surface area contributed by atoms with E-state index in [1.54, 1.807) is 51.1 Å². The first-order valence-corrected chi connectivity index (χ1v) is 9.69. The number of carbonyl (C=O) groups is 3. The lowest BCUT2D eigenvalue weighted by molar-refractivity contribution is 0.0519. The van der Waals surface area contributed by atoms with Crippen molar-refractivity contribution in [3.05, 3.63) is 59.7 Å². The van der Waals surface area contributed by atoms with Crippen LogP contribution in [-0.4, -0.2) is 29.8 Å². The normalized spacial score (nSPS) is 24.0. The molecule has 5 heteroatoms. The summed E-state index contributed by atoms with van der Waals surface area (Å²) in [5.74, 6) is -0.881. The lowest BCUT2D eigenvalue weighted by atomic mass is 9.62. The Balaban J connectivity index is 1.79.